The molecule has 4 nitrogen and oxygen atoms in total. The number of hydrogen-bond acceptors (Lipinski definition) is 3. The molecular weight excluding hydrogens is 218 g/mol. The van der Waals surface area contributed by atoms with Gasteiger partial charge in [0.05, 0.1) is 0 Å². The molecule has 0 aliphatic heterocycles. The second-order valence-corrected chi connectivity index (χ2v) is 5.35. The van der Waals surface area contributed by atoms with Crippen LogP contribution in [-0.2, 0) is 4.74 Å². The number of ether oxygens (including phenoxy) is 1. The molecule has 0 aromatic carbocycles. The molecule has 0 aromatic rings. The molecule has 0 saturated carbocycles. The van der Waals surface area contributed by atoms with Crippen LogP contribution in [0.25, 0.3) is 0 Å². The van der Waals surface area contributed by atoms with Crippen molar-refractivity contribution in [1.29, 1.82) is 0 Å². The van der Waals surface area contributed by atoms with E-state index in [-0.39, 0.29) is 18.7 Å². The molecule has 0 fully saturated rings. The fourth-order valence-corrected chi connectivity index (χ4v) is 1.61. The quantitative estimate of drug-likeness (QED) is 0.678. The number of aliphatic hydroxyl groups excluding tert-OH is 1. The number of carbonyl (C=O) groups is 1. The molecule has 4 heteroatoms. The minimum Gasteiger partial charge on any atom is -0.444 e. The maximum atomic E-state index is 11.6. The van der Waals surface area contributed by atoms with Gasteiger partial charge in [0, 0.05) is 12.6 Å². The first-order valence-electron chi connectivity index (χ1n) is 6.49. The summed E-state index contributed by atoms with van der Waals surface area (Å²) >= 11 is 0. The van der Waals surface area contributed by atoms with Crippen LogP contribution in [0.15, 0.2) is 0 Å². The normalized spacial score (nSPS) is 13.2. The van der Waals surface area contributed by atoms with Gasteiger partial charge in [-0.05, 0) is 46.5 Å². The average molecular weight is 245 g/mol. The van der Waals surface area contributed by atoms with Gasteiger partial charge in [0.1, 0.15) is 5.60 Å². The monoisotopic (exact) mass is 245 g/mol. The molecule has 17 heavy (non-hydrogen) atoms. The minimum absolute atomic E-state index is 0.154. The lowest BCUT2D eigenvalue weighted by Crippen LogP contribution is -2.39. The highest BCUT2D eigenvalue weighted by Crippen LogP contribution is 2.10. The van der Waals surface area contributed by atoms with E-state index in [0.717, 1.165) is 32.1 Å². The maximum absolute atomic E-state index is 11.6. The Labute approximate surface area is 105 Å². The molecule has 0 aliphatic rings. The summed E-state index contributed by atoms with van der Waals surface area (Å²) in [4.78, 5) is 11.6. The number of unbranched alkanes of at least 4 members (excludes halogenated alkanes) is 1. The number of carbonyl (C=O) groups excluding carboxylic acids is 1. The Morgan fingerprint density at radius 2 is 1.94 bits per heavy atom. The Bertz CT molecular complexity index is 211. The number of alkyl carbamates (subject to hydrolysis) is 1. The molecule has 102 valence electrons. The van der Waals surface area contributed by atoms with Crippen LogP contribution in [0.4, 0.5) is 4.79 Å². The first-order chi connectivity index (χ1) is 7.89. The first kappa shape index (κ1) is 16.2. The third kappa shape index (κ3) is 10.1. The van der Waals surface area contributed by atoms with Crippen LogP contribution >= 0.6 is 0 Å². The van der Waals surface area contributed by atoms with Gasteiger partial charge < -0.3 is 15.2 Å². The lowest BCUT2D eigenvalue weighted by molar-refractivity contribution is 0.0498. The number of aliphatic hydroxyl groups is 1. The Hall–Kier alpha value is -0.770. The largest absolute Gasteiger partial charge is 0.444 e. The first-order valence-corrected chi connectivity index (χ1v) is 6.49. The van der Waals surface area contributed by atoms with Crippen molar-refractivity contribution in [2.75, 3.05) is 6.61 Å². The van der Waals surface area contributed by atoms with Crippen LogP contribution in [0.1, 0.15) is 59.8 Å². The topological polar surface area (TPSA) is 58.6 Å². The van der Waals surface area contributed by atoms with E-state index in [0.29, 0.717) is 0 Å². The van der Waals surface area contributed by atoms with E-state index in [1.807, 2.05) is 20.8 Å². The molecule has 0 heterocycles. The van der Waals surface area contributed by atoms with Crippen molar-refractivity contribution in [3.05, 3.63) is 0 Å². The molecule has 0 radical (unpaired) electrons. The number of hydrogen-bond donors (Lipinski definition) is 2. The molecule has 0 unspecified atom stereocenters. The maximum Gasteiger partial charge on any atom is 0.407 e. The third-order valence-corrected chi connectivity index (χ3v) is 2.32. The lowest BCUT2D eigenvalue weighted by atomic mass is 10.1. The van der Waals surface area contributed by atoms with Crippen molar-refractivity contribution in [3.63, 3.8) is 0 Å². The minimum atomic E-state index is -0.452. The molecule has 1 atom stereocenters. The molecule has 0 rings (SSSR count). The highest BCUT2D eigenvalue weighted by atomic mass is 16.6. The molecule has 0 spiro atoms. The van der Waals surface area contributed by atoms with Gasteiger partial charge in [-0.2, -0.15) is 0 Å². The molecule has 0 saturated heterocycles. The van der Waals surface area contributed by atoms with E-state index in [1.54, 1.807) is 0 Å². The van der Waals surface area contributed by atoms with Crippen molar-refractivity contribution < 1.29 is 14.6 Å². The summed E-state index contributed by atoms with van der Waals surface area (Å²) in [7, 11) is 0. The molecule has 0 aromatic heterocycles. The number of nitrogens with one attached hydrogen (secondary N) is 1. The Kier molecular flexibility index (Phi) is 7.96. The predicted molar refractivity (Wildman–Crippen MR) is 69.0 cm³/mol. The fourth-order valence-electron chi connectivity index (χ4n) is 1.61. The Morgan fingerprint density at radius 1 is 1.29 bits per heavy atom. The third-order valence-electron chi connectivity index (χ3n) is 2.32. The molecular formula is C13H27NO3. The van der Waals surface area contributed by atoms with Crippen LogP contribution in [0.2, 0.25) is 0 Å². The van der Waals surface area contributed by atoms with Crippen molar-refractivity contribution in [2.24, 2.45) is 0 Å². The zero-order chi connectivity index (χ0) is 13.3. The van der Waals surface area contributed by atoms with Crippen LogP contribution in [0, 0.1) is 0 Å². The van der Waals surface area contributed by atoms with E-state index >= 15 is 0 Å². The molecule has 1 amide bonds. The van der Waals surface area contributed by atoms with E-state index < -0.39 is 5.60 Å². The second-order valence-electron chi connectivity index (χ2n) is 5.35. The summed E-state index contributed by atoms with van der Waals surface area (Å²) in [6.07, 6.45) is 4.24. The number of rotatable bonds is 7. The van der Waals surface area contributed by atoms with Crippen molar-refractivity contribution >= 4 is 6.09 Å². The van der Waals surface area contributed by atoms with Crippen molar-refractivity contribution in [3.8, 4) is 0 Å². The van der Waals surface area contributed by atoms with E-state index in [2.05, 4.69) is 12.2 Å². The summed E-state index contributed by atoms with van der Waals surface area (Å²) < 4.78 is 5.22. The molecule has 0 aliphatic carbocycles. The highest BCUT2D eigenvalue weighted by Gasteiger charge is 2.18. The molecule has 2 N–H and O–H groups in total. The van der Waals surface area contributed by atoms with Gasteiger partial charge >= 0.3 is 6.09 Å². The van der Waals surface area contributed by atoms with Gasteiger partial charge in [0.25, 0.3) is 0 Å². The fraction of sp³-hybridized carbons (Fsp3) is 0.923. The zero-order valence-corrected chi connectivity index (χ0v) is 11.6. The lowest BCUT2D eigenvalue weighted by Gasteiger charge is -2.23. The van der Waals surface area contributed by atoms with Crippen molar-refractivity contribution in [1.82, 2.24) is 5.32 Å². The van der Waals surface area contributed by atoms with Crippen LogP contribution < -0.4 is 5.32 Å². The van der Waals surface area contributed by atoms with Gasteiger partial charge in [0.2, 0.25) is 0 Å². The van der Waals surface area contributed by atoms with E-state index in [9.17, 15) is 4.79 Å². The Balaban J connectivity index is 4.01. The van der Waals surface area contributed by atoms with Crippen LogP contribution in [-0.4, -0.2) is 29.4 Å². The SMILES string of the molecule is CCC[C@H](CCCCO)NC(=O)OC(C)(C)C. The smallest absolute Gasteiger partial charge is 0.407 e. The summed E-state index contributed by atoms with van der Waals surface area (Å²) in [6, 6.07) is 0.154. The molecule has 0 bridgehead atoms. The zero-order valence-electron chi connectivity index (χ0n) is 11.6. The van der Waals surface area contributed by atoms with Gasteiger partial charge in [-0.3, -0.25) is 0 Å². The van der Waals surface area contributed by atoms with Crippen molar-refractivity contribution in [2.45, 2.75) is 71.4 Å². The summed E-state index contributed by atoms with van der Waals surface area (Å²) in [5.74, 6) is 0. The number of amides is 1. The predicted octanol–water partition coefficient (Wildman–Crippen LogP) is 2.84. The van der Waals surface area contributed by atoms with Crippen LogP contribution in [0.3, 0.4) is 0 Å². The second kappa shape index (κ2) is 8.34. The summed E-state index contributed by atoms with van der Waals surface area (Å²) in [5, 5.41) is 11.6. The summed E-state index contributed by atoms with van der Waals surface area (Å²) in [5.41, 5.74) is -0.452. The Morgan fingerprint density at radius 3 is 2.41 bits per heavy atom. The van der Waals surface area contributed by atoms with Gasteiger partial charge in [-0.15, -0.1) is 0 Å². The summed E-state index contributed by atoms with van der Waals surface area (Å²) in [6.45, 7) is 7.87. The standard InChI is InChI=1S/C13H27NO3/c1-5-8-11(9-6-7-10-15)14-12(16)17-13(2,3)4/h11,15H,5-10H2,1-4H3,(H,14,16)/t11-/m1/s1. The van der Waals surface area contributed by atoms with Gasteiger partial charge in [0.15, 0.2) is 0 Å². The average Bonchev–Trinajstić information content (AvgIpc) is 2.15. The van der Waals surface area contributed by atoms with Crippen LogP contribution in [0.5, 0.6) is 0 Å². The van der Waals surface area contributed by atoms with E-state index in [4.69, 9.17) is 9.84 Å². The van der Waals surface area contributed by atoms with Gasteiger partial charge in [-0.25, -0.2) is 4.79 Å². The highest BCUT2D eigenvalue weighted by molar-refractivity contribution is 5.68. The van der Waals surface area contributed by atoms with Gasteiger partial charge in [-0.1, -0.05) is 13.3 Å². The van der Waals surface area contributed by atoms with E-state index in [1.165, 1.54) is 0 Å².